The van der Waals surface area contributed by atoms with E-state index in [0.29, 0.717) is 32.1 Å². The van der Waals surface area contributed by atoms with Gasteiger partial charge in [-0.3, -0.25) is 4.99 Å². The summed E-state index contributed by atoms with van der Waals surface area (Å²) in [5.74, 6) is 0.582. The fraction of sp³-hybridized carbons (Fsp3) is 0.882. The van der Waals surface area contributed by atoms with E-state index in [9.17, 15) is 4.79 Å². The number of guanidine groups is 1. The molecule has 0 aromatic carbocycles. The molecule has 7 heteroatoms. The smallest absolute Gasteiger partial charge is 0.410 e. The first-order valence-electron chi connectivity index (χ1n) is 9.02. The number of rotatable bonds is 6. The largest absolute Gasteiger partial charge is 0.444 e. The molecule has 0 aromatic rings. The predicted molar refractivity (Wildman–Crippen MR) is 98.3 cm³/mol. The number of amides is 1. The number of aliphatic imine (C=N–C) groups is 1. The van der Waals surface area contributed by atoms with E-state index in [0.717, 1.165) is 32.6 Å². The Balaban J connectivity index is 2.33. The van der Waals surface area contributed by atoms with Gasteiger partial charge in [0.25, 0.3) is 0 Å². The molecule has 0 aromatic heterocycles. The standard InChI is InChI=1S/C17H35N5O2/c1-6-20(7-2)10-8-9-19-15(18)21-11-13-22(14-12-21)16(23)24-17(3,4)5/h6-14H2,1-5H3,(H2,18,19). The summed E-state index contributed by atoms with van der Waals surface area (Å²) >= 11 is 0. The van der Waals surface area contributed by atoms with E-state index in [4.69, 9.17) is 10.5 Å². The SMILES string of the molecule is CCN(CC)CCCN=C(N)N1CCN(C(=O)OC(C)(C)C)CC1. The van der Waals surface area contributed by atoms with Gasteiger partial charge < -0.3 is 25.2 Å². The molecular formula is C17H35N5O2. The van der Waals surface area contributed by atoms with Crippen LogP contribution in [0.4, 0.5) is 4.79 Å². The number of carbonyl (C=O) groups excluding carboxylic acids is 1. The van der Waals surface area contributed by atoms with E-state index in [2.05, 4.69) is 23.7 Å². The molecule has 0 atom stereocenters. The Morgan fingerprint density at radius 1 is 1.12 bits per heavy atom. The van der Waals surface area contributed by atoms with E-state index < -0.39 is 5.60 Å². The molecule has 0 unspecified atom stereocenters. The van der Waals surface area contributed by atoms with Crippen molar-refractivity contribution in [2.45, 2.75) is 46.6 Å². The van der Waals surface area contributed by atoms with Gasteiger partial charge in [0.05, 0.1) is 0 Å². The van der Waals surface area contributed by atoms with Gasteiger partial charge in [-0.05, 0) is 46.8 Å². The molecule has 7 nitrogen and oxygen atoms in total. The fourth-order valence-electron chi connectivity index (χ4n) is 2.57. The monoisotopic (exact) mass is 341 g/mol. The minimum Gasteiger partial charge on any atom is -0.444 e. The lowest BCUT2D eigenvalue weighted by molar-refractivity contribution is 0.0186. The highest BCUT2D eigenvalue weighted by molar-refractivity contribution is 5.78. The highest BCUT2D eigenvalue weighted by Gasteiger charge is 2.26. The van der Waals surface area contributed by atoms with Crippen molar-refractivity contribution in [2.24, 2.45) is 10.7 Å². The van der Waals surface area contributed by atoms with Gasteiger partial charge in [-0.1, -0.05) is 13.8 Å². The van der Waals surface area contributed by atoms with E-state index in [1.165, 1.54) is 0 Å². The summed E-state index contributed by atoms with van der Waals surface area (Å²) in [4.78, 5) is 22.7. The van der Waals surface area contributed by atoms with Crippen LogP contribution in [0.2, 0.25) is 0 Å². The van der Waals surface area contributed by atoms with Crippen molar-refractivity contribution in [3.63, 3.8) is 0 Å². The molecule has 1 aliphatic heterocycles. The number of hydrogen-bond acceptors (Lipinski definition) is 4. The minimum atomic E-state index is -0.459. The number of carbonyl (C=O) groups is 1. The summed E-state index contributed by atoms with van der Waals surface area (Å²) in [5, 5.41) is 0. The Morgan fingerprint density at radius 2 is 1.67 bits per heavy atom. The second-order valence-electron chi connectivity index (χ2n) is 7.07. The molecule has 0 spiro atoms. The normalized spacial score (nSPS) is 16.7. The van der Waals surface area contributed by atoms with Gasteiger partial charge in [0.2, 0.25) is 0 Å². The zero-order chi connectivity index (χ0) is 18.2. The molecule has 140 valence electrons. The van der Waals surface area contributed by atoms with E-state index in [1.807, 2.05) is 25.7 Å². The minimum absolute atomic E-state index is 0.253. The second kappa shape index (κ2) is 9.71. The van der Waals surface area contributed by atoms with Crippen molar-refractivity contribution >= 4 is 12.1 Å². The van der Waals surface area contributed by atoms with Crippen LogP contribution >= 0.6 is 0 Å². The van der Waals surface area contributed by atoms with Crippen LogP contribution in [0.5, 0.6) is 0 Å². The number of ether oxygens (including phenoxy) is 1. The molecular weight excluding hydrogens is 306 g/mol. The molecule has 1 heterocycles. The van der Waals surface area contributed by atoms with Crippen molar-refractivity contribution in [3.05, 3.63) is 0 Å². The Labute approximate surface area is 146 Å². The Kier molecular flexibility index (Phi) is 8.31. The molecule has 2 N–H and O–H groups in total. The number of nitrogens with two attached hydrogens (primary N) is 1. The Bertz CT molecular complexity index is 408. The molecule has 0 radical (unpaired) electrons. The van der Waals surface area contributed by atoms with Gasteiger partial charge in [0, 0.05) is 32.7 Å². The lowest BCUT2D eigenvalue weighted by Gasteiger charge is -2.36. The summed E-state index contributed by atoms with van der Waals surface area (Å²) < 4.78 is 5.40. The van der Waals surface area contributed by atoms with Gasteiger partial charge in [-0.25, -0.2) is 4.79 Å². The van der Waals surface area contributed by atoms with Crippen LogP contribution in [0, 0.1) is 0 Å². The van der Waals surface area contributed by atoms with Crippen LogP contribution in [0.15, 0.2) is 4.99 Å². The van der Waals surface area contributed by atoms with Crippen molar-refractivity contribution in [2.75, 3.05) is 52.4 Å². The second-order valence-corrected chi connectivity index (χ2v) is 7.07. The predicted octanol–water partition coefficient (Wildman–Crippen LogP) is 1.59. The lowest BCUT2D eigenvalue weighted by Crippen LogP contribution is -2.53. The highest BCUT2D eigenvalue weighted by Crippen LogP contribution is 2.11. The first-order chi connectivity index (χ1) is 11.3. The number of piperazine rings is 1. The first kappa shape index (κ1) is 20.5. The van der Waals surface area contributed by atoms with Crippen LogP contribution in [0.25, 0.3) is 0 Å². The molecule has 1 rings (SSSR count). The number of nitrogens with zero attached hydrogens (tertiary/aromatic N) is 4. The van der Waals surface area contributed by atoms with E-state index in [1.54, 1.807) is 4.90 Å². The van der Waals surface area contributed by atoms with Gasteiger partial charge in [-0.2, -0.15) is 0 Å². The zero-order valence-electron chi connectivity index (χ0n) is 16.0. The molecule has 1 amide bonds. The maximum absolute atomic E-state index is 12.0. The number of hydrogen-bond donors (Lipinski definition) is 1. The van der Waals surface area contributed by atoms with Crippen LogP contribution in [0.3, 0.4) is 0 Å². The lowest BCUT2D eigenvalue weighted by atomic mass is 10.2. The Hall–Kier alpha value is -1.50. The molecule has 0 saturated carbocycles. The summed E-state index contributed by atoms with van der Waals surface area (Å²) in [6, 6.07) is 0. The van der Waals surface area contributed by atoms with Crippen molar-refractivity contribution in [1.82, 2.24) is 14.7 Å². The topological polar surface area (TPSA) is 74.4 Å². The van der Waals surface area contributed by atoms with Crippen molar-refractivity contribution in [3.8, 4) is 0 Å². The molecule has 0 aliphatic carbocycles. The summed E-state index contributed by atoms with van der Waals surface area (Å²) in [5.41, 5.74) is 5.62. The van der Waals surface area contributed by atoms with Crippen LogP contribution in [0.1, 0.15) is 41.0 Å². The molecule has 24 heavy (non-hydrogen) atoms. The Morgan fingerprint density at radius 3 is 2.17 bits per heavy atom. The third-order valence-corrected chi connectivity index (χ3v) is 4.06. The highest BCUT2D eigenvalue weighted by atomic mass is 16.6. The van der Waals surface area contributed by atoms with Crippen LogP contribution in [-0.4, -0.2) is 84.7 Å². The molecule has 1 fully saturated rings. The summed E-state index contributed by atoms with van der Waals surface area (Å²) in [6.07, 6.45) is 0.761. The maximum Gasteiger partial charge on any atom is 0.410 e. The first-order valence-corrected chi connectivity index (χ1v) is 9.02. The average molecular weight is 342 g/mol. The van der Waals surface area contributed by atoms with E-state index in [-0.39, 0.29) is 6.09 Å². The maximum atomic E-state index is 12.0. The third kappa shape index (κ3) is 7.38. The van der Waals surface area contributed by atoms with E-state index >= 15 is 0 Å². The summed E-state index contributed by atoms with van der Waals surface area (Å²) in [6.45, 7) is 16.6. The third-order valence-electron chi connectivity index (χ3n) is 4.06. The van der Waals surface area contributed by atoms with Crippen molar-refractivity contribution < 1.29 is 9.53 Å². The zero-order valence-corrected chi connectivity index (χ0v) is 16.0. The van der Waals surface area contributed by atoms with Gasteiger partial charge in [-0.15, -0.1) is 0 Å². The summed E-state index contributed by atoms with van der Waals surface area (Å²) in [7, 11) is 0. The quantitative estimate of drug-likeness (QED) is 0.451. The van der Waals surface area contributed by atoms with Crippen molar-refractivity contribution in [1.29, 1.82) is 0 Å². The van der Waals surface area contributed by atoms with Gasteiger partial charge in [0.15, 0.2) is 5.96 Å². The van der Waals surface area contributed by atoms with Gasteiger partial charge in [0.1, 0.15) is 5.60 Å². The van der Waals surface area contributed by atoms with Crippen LogP contribution in [-0.2, 0) is 4.74 Å². The van der Waals surface area contributed by atoms with Crippen LogP contribution < -0.4 is 5.73 Å². The molecule has 0 bridgehead atoms. The molecule has 1 aliphatic rings. The fourth-order valence-corrected chi connectivity index (χ4v) is 2.57. The molecule has 1 saturated heterocycles. The van der Waals surface area contributed by atoms with Gasteiger partial charge >= 0.3 is 6.09 Å². The average Bonchev–Trinajstić information content (AvgIpc) is 2.53.